The number of hydrogen-bond donors (Lipinski definition) is 2. The van der Waals surface area contributed by atoms with Crippen LogP contribution in [0.4, 0.5) is 5.69 Å². The molecule has 3 rings (SSSR count). The van der Waals surface area contributed by atoms with E-state index < -0.39 is 10.8 Å². The molecular formula is C18H25NO4. The topological polar surface area (TPSA) is 74.0 Å². The molecule has 0 saturated heterocycles. The molecule has 4 atom stereocenters. The van der Waals surface area contributed by atoms with Crippen LogP contribution in [0.25, 0.3) is 0 Å². The van der Waals surface area contributed by atoms with Gasteiger partial charge in [0.25, 0.3) is 0 Å². The number of benzene rings is 1. The van der Waals surface area contributed by atoms with Crippen molar-refractivity contribution in [1.29, 1.82) is 0 Å². The molecule has 2 saturated carbocycles. The fourth-order valence-electron chi connectivity index (χ4n) is 4.76. The number of quaternary nitrogens is 1. The molecule has 23 heavy (non-hydrogen) atoms. The van der Waals surface area contributed by atoms with E-state index in [2.05, 4.69) is 27.7 Å². The first-order valence-corrected chi connectivity index (χ1v) is 8.17. The van der Waals surface area contributed by atoms with Gasteiger partial charge in [-0.1, -0.05) is 20.8 Å². The first-order chi connectivity index (χ1) is 10.6. The minimum atomic E-state index is -1.00. The quantitative estimate of drug-likeness (QED) is 0.663. The molecule has 0 radical (unpaired) electrons. The zero-order valence-electron chi connectivity index (χ0n) is 14.2. The number of carbonyl (C=O) groups excluding carboxylic acids is 1. The van der Waals surface area contributed by atoms with Crippen LogP contribution in [0.5, 0.6) is 0 Å². The van der Waals surface area contributed by atoms with Crippen LogP contribution in [0.15, 0.2) is 24.3 Å². The number of carbonyl (C=O) groups is 1. The molecule has 1 aromatic rings. The molecule has 0 amide bonds. The average Bonchev–Trinajstić information content (AvgIpc) is 2.79. The van der Waals surface area contributed by atoms with Crippen molar-refractivity contribution in [2.24, 2.45) is 16.7 Å². The van der Waals surface area contributed by atoms with Crippen molar-refractivity contribution in [2.45, 2.75) is 52.6 Å². The van der Waals surface area contributed by atoms with Crippen molar-refractivity contribution in [3.8, 4) is 0 Å². The minimum Gasteiger partial charge on any atom is -0.595 e. The molecule has 126 valence electrons. The number of fused-ring (bicyclic) bond motifs is 2. The van der Waals surface area contributed by atoms with E-state index in [1.54, 1.807) is 0 Å². The second-order valence-electron chi connectivity index (χ2n) is 8.00. The van der Waals surface area contributed by atoms with Crippen LogP contribution < -0.4 is 5.23 Å². The maximum absolute atomic E-state index is 12.5. The number of rotatable bonds is 3. The monoisotopic (exact) mass is 319 g/mol. The second kappa shape index (κ2) is 5.03. The molecule has 0 heterocycles. The fraction of sp³-hybridized carbons (Fsp3) is 0.611. The van der Waals surface area contributed by atoms with E-state index in [-0.39, 0.29) is 22.5 Å². The normalized spacial score (nSPS) is 36.0. The molecule has 2 aliphatic rings. The lowest BCUT2D eigenvalue weighted by Gasteiger charge is -2.45. The van der Waals surface area contributed by atoms with Crippen molar-refractivity contribution < 1.29 is 20.0 Å². The summed E-state index contributed by atoms with van der Waals surface area (Å²) < 4.78 is 5.97. The molecule has 0 spiro atoms. The van der Waals surface area contributed by atoms with Gasteiger partial charge in [-0.15, -0.1) is 0 Å². The highest BCUT2D eigenvalue weighted by Gasteiger charge is 2.68. The Labute approximate surface area is 136 Å². The largest absolute Gasteiger partial charge is 0.595 e. The van der Waals surface area contributed by atoms with Gasteiger partial charge in [0.05, 0.1) is 5.56 Å². The minimum absolute atomic E-state index is 0.0265. The Bertz CT molecular complexity index is 624. The third-order valence-corrected chi connectivity index (χ3v) is 6.92. The smallest absolute Gasteiger partial charge is 0.338 e. The predicted octanol–water partition coefficient (Wildman–Crippen LogP) is 2.85. The molecule has 2 bridgehead atoms. The van der Waals surface area contributed by atoms with E-state index in [1.807, 2.05) is 0 Å². The van der Waals surface area contributed by atoms with Gasteiger partial charge in [0.15, 0.2) is 5.69 Å². The maximum Gasteiger partial charge on any atom is 0.338 e. The molecule has 2 aliphatic carbocycles. The summed E-state index contributed by atoms with van der Waals surface area (Å²) in [7, 11) is 0. The molecule has 2 N–H and O–H groups in total. The first-order valence-electron chi connectivity index (χ1n) is 8.17. The summed E-state index contributed by atoms with van der Waals surface area (Å²) in [5, 5.41) is 18.8. The Morgan fingerprint density at radius 2 is 1.87 bits per heavy atom. The Kier molecular flexibility index (Phi) is 3.59. The Morgan fingerprint density at radius 3 is 2.30 bits per heavy atom. The molecule has 5 nitrogen and oxygen atoms in total. The van der Waals surface area contributed by atoms with E-state index in [0.717, 1.165) is 12.8 Å². The molecule has 5 heteroatoms. The summed E-state index contributed by atoms with van der Waals surface area (Å²) in [6.45, 7) is 8.86. The van der Waals surface area contributed by atoms with Crippen LogP contribution in [-0.2, 0) is 4.74 Å². The number of nitrogens with one attached hydrogen (secondary N) is 1. The van der Waals surface area contributed by atoms with E-state index in [1.165, 1.54) is 30.7 Å². The lowest BCUT2D eigenvalue weighted by atomic mass is 9.65. The Morgan fingerprint density at radius 1 is 1.26 bits per heavy atom. The number of hydrogen-bond acceptors (Lipinski definition) is 4. The van der Waals surface area contributed by atoms with Crippen molar-refractivity contribution in [3.05, 3.63) is 35.0 Å². The third-order valence-electron chi connectivity index (χ3n) is 6.92. The summed E-state index contributed by atoms with van der Waals surface area (Å²) in [5.41, 5.74) is 0.236. The van der Waals surface area contributed by atoms with Gasteiger partial charge in [0, 0.05) is 17.5 Å². The van der Waals surface area contributed by atoms with Crippen molar-refractivity contribution in [1.82, 2.24) is 0 Å². The van der Waals surface area contributed by atoms with E-state index in [0.29, 0.717) is 11.5 Å². The van der Waals surface area contributed by atoms with Crippen LogP contribution in [0, 0.1) is 22.0 Å². The van der Waals surface area contributed by atoms with Gasteiger partial charge in [-0.3, -0.25) is 0 Å². The van der Waals surface area contributed by atoms with Crippen molar-refractivity contribution >= 4 is 11.7 Å². The second-order valence-corrected chi connectivity index (χ2v) is 8.00. The lowest BCUT2D eigenvalue weighted by Crippen LogP contribution is -2.99. The Hall–Kier alpha value is -1.43. The highest BCUT2D eigenvalue weighted by molar-refractivity contribution is 5.90. The van der Waals surface area contributed by atoms with Crippen LogP contribution in [0.2, 0.25) is 0 Å². The predicted molar refractivity (Wildman–Crippen MR) is 85.3 cm³/mol. The average molecular weight is 319 g/mol. The van der Waals surface area contributed by atoms with Gasteiger partial charge >= 0.3 is 5.97 Å². The summed E-state index contributed by atoms with van der Waals surface area (Å²) >= 11 is 0. The summed E-state index contributed by atoms with van der Waals surface area (Å²) in [5.74, 6) is 0.216. The third kappa shape index (κ3) is 2.22. The Balaban J connectivity index is 1.81. The maximum atomic E-state index is 12.5. The highest BCUT2D eigenvalue weighted by atomic mass is 16.8. The van der Waals surface area contributed by atoms with Gasteiger partial charge < -0.3 is 9.94 Å². The summed E-state index contributed by atoms with van der Waals surface area (Å²) in [6.07, 6.45) is 3.17. The van der Waals surface area contributed by atoms with Gasteiger partial charge in [-0.05, 0) is 49.7 Å². The zero-order valence-corrected chi connectivity index (χ0v) is 14.2. The van der Waals surface area contributed by atoms with Gasteiger partial charge in [0.2, 0.25) is 0 Å². The van der Waals surface area contributed by atoms with Crippen molar-refractivity contribution in [3.63, 3.8) is 0 Å². The standard InChI is InChI=1S/C18H25NO4/c1-16(2)13-9-10-17(16,3)18(4,11-13)23-15(20)12-5-7-14(8-6-12)19(21)22/h5-8,13,19,21H,9-11H2,1-4H3/t13-,17+,18+/m0/s1. The van der Waals surface area contributed by atoms with Crippen LogP contribution in [-0.4, -0.2) is 16.8 Å². The fourth-order valence-corrected chi connectivity index (χ4v) is 4.76. The van der Waals surface area contributed by atoms with Gasteiger partial charge in [-0.2, -0.15) is 5.23 Å². The lowest BCUT2D eigenvalue weighted by molar-refractivity contribution is -0.991. The van der Waals surface area contributed by atoms with Gasteiger partial charge in [-0.25, -0.2) is 10.0 Å². The first kappa shape index (κ1) is 16.4. The molecule has 1 unspecified atom stereocenters. The van der Waals surface area contributed by atoms with Crippen LogP contribution in [0.3, 0.4) is 0 Å². The number of ether oxygens (including phenoxy) is 1. The molecule has 0 aromatic heterocycles. The van der Waals surface area contributed by atoms with E-state index in [4.69, 9.17) is 9.94 Å². The van der Waals surface area contributed by atoms with Gasteiger partial charge in [0.1, 0.15) is 5.60 Å². The SMILES string of the molecule is CC1(C)[C@H]2CC[C@@]1(C)[C@](C)(OC(=O)c1ccc([NH+]([O-])O)cc1)C2. The molecule has 1 aromatic carbocycles. The number of esters is 1. The molecule has 2 fully saturated rings. The summed E-state index contributed by atoms with van der Waals surface area (Å²) in [4.78, 5) is 12.5. The molecular weight excluding hydrogens is 294 g/mol. The van der Waals surface area contributed by atoms with Crippen LogP contribution in [0.1, 0.15) is 57.3 Å². The van der Waals surface area contributed by atoms with Crippen LogP contribution >= 0.6 is 0 Å². The van der Waals surface area contributed by atoms with E-state index in [9.17, 15) is 10.0 Å². The highest BCUT2D eigenvalue weighted by Crippen LogP contribution is 2.70. The molecule has 0 aliphatic heterocycles. The summed E-state index contributed by atoms with van der Waals surface area (Å²) in [6, 6.07) is 5.92. The zero-order chi connectivity index (χ0) is 17.0. The van der Waals surface area contributed by atoms with Crippen molar-refractivity contribution in [2.75, 3.05) is 0 Å². The van der Waals surface area contributed by atoms with E-state index >= 15 is 0 Å².